The number of amides is 1. The Balaban J connectivity index is 0.00000147. The van der Waals surface area contributed by atoms with Gasteiger partial charge in [0.2, 0.25) is 5.91 Å². The first-order valence-corrected chi connectivity index (χ1v) is 8.32. The SMILES string of the molecule is Cl.NC1CCC(C(=O)N2CCCC2C2CCCCC2)C1. The van der Waals surface area contributed by atoms with Crippen LogP contribution in [0.3, 0.4) is 0 Å². The molecule has 20 heavy (non-hydrogen) atoms. The highest BCUT2D eigenvalue weighted by Gasteiger charge is 2.39. The summed E-state index contributed by atoms with van der Waals surface area (Å²) in [7, 11) is 0. The van der Waals surface area contributed by atoms with E-state index in [0.717, 1.165) is 31.7 Å². The van der Waals surface area contributed by atoms with Crippen molar-refractivity contribution in [3.63, 3.8) is 0 Å². The average Bonchev–Trinajstić information content (AvgIpc) is 3.07. The van der Waals surface area contributed by atoms with Gasteiger partial charge in [0.1, 0.15) is 0 Å². The van der Waals surface area contributed by atoms with Gasteiger partial charge >= 0.3 is 0 Å². The maximum atomic E-state index is 12.7. The van der Waals surface area contributed by atoms with Gasteiger partial charge in [-0.3, -0.25) is 4.79 Å². The predicted octanol–water partition coefficient (Wildman–Crippen LogP) is 3.11. The first kappa shape index (κ1) is 16.1. The number of carbonyl (C=O) groups is 1. The first-order chi connectivity index (χ1) is 9.25. The van der Waals surface area contributed by atoms with Crippen LogP contribution in [0.5, 0.6) is 0 Å². The van der Waals surface area contributed by atoms with Crippen molar-refractivity contribution in [3.05, 3.63) is 0 Å². The summed E-state index contributed by atoms with van der Waals surface area (Å²) in [5, 5.41) is 0. The van der Waals surface area contributed by atoms with E-state index in [-0.39, 0.29) is 24.4 Å². The van der Waals surface area contributed by atoms with Crippen LogP contribution in [0.4, 0.5) is 0 Å². The van der Waals surface area contributed by atoms with E-state index in [9.17, 15) is 4.79 Å². The lowest BCUT2D eigenvalue weighted by atomic mass is 9.82. The highest BCUT2D eigenvalue weighted by molar-refractivity contribution is 5.85. The molecule has 3 fully saturated rings. The lowest BCUT2D eigenvalue weighted by Crippen LogP contribution is -2.43. The maximum Gasteiger partial charge on any atom is 0.225 e. The molecule has 3 unspecified atom stereocenters. The van der Waals surface area contributed by atoms with Crippen LogP contribution < -0.4 is 5.73 Å². The molecule has 2 saturated carbocycles. The summed E-state index contributed by atoms with van der Waals surface area (Å²) < 4.78 is 0. The zero-order chi connectivity index (χ0) is 13.2. The minimum atomic E-state index is 0. The zero-order valence-electron chi connectivity index (χ0n) is 12.4. The summed E-state index contributed by atoms with van der Waals surface area (Å²) in [4.78, 5) is 15.0. The normalized spacial score (nSPS) is 35.0. The van der Waals surface area contributed by atoms with Gasteiger partial charge < -0.3 is 10.6 Å². The van der Waals surface area contributed by atoms with Crippen molar-refractivity contribution < 1.29 is 4.79 Å². The fraction of sp³-hybridized carbons (Fsp3) is 0.938. The van der Waals surface area contributed by atoms with Crippen molar-refractivity contribution >= 4 is 18.3 Å². The third kappa shape index (κ3) is 3.30. The van der Waals surface area contributed by atoms with Gasteiger partial charge in [-0.25, -0.2) is 0 Å². The Morgan fingerprint density at radius 2 is 1.70 bits per heavy atom. The van der Waals surface area contributed by atoms with Crippen molar-refractivity contribution in [2.75, 3.05) is 6.54 Å². The van der Waals surface area contributed by atoms with E-state index in [0.29, 0.717) is 11.9 Å². The van der Waals surface area contributed by atoms with Crippen LogP contribution >= 0.6 is 12.4 Å². The number of nitrogens with two attached hydrogens (primary N) is 1. The average molecular weight is 301 g/mol. The molecular weight excluding hydrogens is 272 g/mol. The summed E-state index contributed by atoms with van der Waals surface area (Å²) >= 11 is 0. The van der Waals surface area contributed by atoms with Crippen molar-refractivity contribution in [1.29, 1.82) is 0 Å². The summed E-state index contributed by atoms with van der Waals surface area (Å²) in [6.07, 6.45) is 12.3. The Labute approximate surface area is 129 Å². The molecule has 4 heteroatoms. The van der Waals surface area contributed by atoms with E-state index in [4.69, 9.17) is 5.73 Å². The summed E-state index contributed by atoms with van der Waals surface area (Å²) in [6.45, 7) is 1.01. The van der Waals surface area contributed by atoms with E-state index >= 15 is 0 Å². The quantitative estimate of drug-likeness (QED) is 0.852. The molecule has 0 aromatic carbocycles. The minimum Gasteiger partial charge on any atom is -0.339 e. The predicted molar refractivity (Wildman–Crippen MR) is 83.9 cm³/mol. The monoisotopic (exact) mass is 300 g/mol. The number of halogens is 1. The molecule has 3 nitrogen and oxygen atoms in total. The third-order valence-electron chi connectivity index (χ3n) is 5.60. The Morgan fingerprint density at radius 3 is 2.35 bits per heavy atom. The second kappa shape index (κ2) is 7.13. The molecule has 1 saturated heterocycles. The van der Waals surface area contributed by atoms with Gasteiger partial charge in [0.05, 0.1) is 0 Å². The molecule has 2 N–H and O–H groups in total. The van der Waals surface area contributed by atoms with Crippen LogP contribution in [0.1, 0.15) is 64.2 Å². The molecule has 0 spiro atoms. The number of likely N-dealkylation sites (tertiary alicyclic amines) is 1. The Kier molecular flexibility index (Phi) is 5.74. The number of hydrogen-bond donors (Lipinski definition) is 1. The lowest BCUT2D eigenvalue weighted by molar-refractivity contribution is -0.137. The van der Waals surface area contributed by atoms with Crippen LogP contribution in [-0.2, 0) is 4.79 Å². The standard InChI is InChI=1S/C16H28N2O.ClH/c17-14-9-8-13(11-14)16(19)18-10-4-7-15(18)12-5-2-1-3-6-12;/h12-15H,1-11,17H2;1H. The smallest absolute Gasteiger partial charge is 0.225 e. The van der Waals surface area contributed by atoms with Crippen LogP contribution in [0.15, 0.2) is 0 Å². The first-order valence-electron chi connectivity index (χ1n) is 8.32. The van der Waals surface area contributed by atoms with Gasteiger partial charge in [-0.2, -0.15) is 0 Å². The molecule has 0 bridgehead atoms. The highest BCUT2D eigenvalue weighted by Crippen LogP contribution is 2.36. The number of carbonyl (C=O) groups excluding carboxylic acids is 1. The minimum absolute atomic E-state index is 0. The fourth-order valence-electron chi connectivity index (χ4n) is 4.55. The Bertz CT molecular complexity index is 330. The molecule has 3 atom stereocenters. The molecule has 1 heterocycles. The van der Waals surface area contributed by atoms with Gasteiger partial charge in [-0.15, -0.1) is 12.4 Å². The number of nitrogens with zero attached hydrogens (tertiary/aromatic N) is 1. The van der Waals surface area contributed by atoms with Crippen molar-refractivity contribution in [3.8, 4) is 0 Å². The Hall–Kier alpha value is -0.280. The molecule has 2 aliphatic carbocycles. The summed E-state index contributed by atoms with van der Waals surface area (Å²) in [5.41, 5.74) is 5.97. The molecule has 1 aliphatic heterocycles. The fourth-order valence-corrected chi connectivity index (χ4v) is 4.55. The molecule has 3 rings (SSSR count). The summed E-state index contributed by atoms with van der Waals surface area (Å²) in [6, 6.07) is 0.828. The van der Waals surface area contributed by atoms with E-state index < -0.39 is 0 Å². The van der Waals surface area contributed by atoms with Crippen molar-refractivity contribution in [1.82, 2.24) is 4.90 Å². The van der Waals surface area contributed by atoms with Crippen LogP contribution in [0, 0.1) is 11.8 Å². The number of rotatable bonds is 2. The van der Waals surface area contributed by atoms with E-state index in [2.05, 4.69) is 4.90 Å². The lowest BCUT2D eigenvalue weighted by Gasteiger charge is -2.35. The van der Waals surface area contributed by atoms with Gasteiger partial charge in [0, 0.05) is 24.5 Å². The van der Waals surface area contributed by atoms with E-state index in [1.807, 2.05) is 0 Å². The Morgan fingerprint density at radius 1 is 0.950 bits per heavy atom. The van der Waals surface area contributed by atoms with E-state index in [1.54, 1.807) is 0 Å². The van der Waals surface area contributed by atoms with Crippen molar-refractivity contribution in [2.24, 2.45) is 17.6 Å². The molecule has 116 valence electrons. The second-order valence-corrected chi connectivity index (χ2v) is 6.91. The maximum absolute atomic E-state index is 12.7. The van der Waals surface area contributed by atoms with Crippen molar-refractivity contribution in [2.45, 2.75) is 76.3 Å². The molecule has 3 aliphatic rings. The van der Waals surface area contributed by atoms with Gasteiger partial charge in [-0.05, 0) is 50.9 Å². The summed E-state index contributed by atoms with van der Waals surface area (Å²) in [5.74, 6) is 1.45. The van der Waals surface area contributed by atoms with E-state index in [1.165, 1.54) is 44.9 Å². The van der Waals surface area contributed by atoms with Gasteiger partial charge in [-0.1, -0.05) is 19.3 Å². The van der Waals surface area contributed by atoms with Gasteiger partial charge in [0.15, 0.2) is 0 Å². The number of hydrogen-bond acceptors (Lipinski definition) is 2. The topological polar surface area (TPSA) is 46.3 Å². The molecule has 0 aromatic rings. The van der Waals surface area contributed by atoms with Crippen LogP contribution in [0.25, 0.3) is 0 Å². The molecular formula is C16H29ClN2O. The van der Waals surface area contributed by atoms with Gasteiger partial charge in [0.25, 0.3) is 0 Å². The largest absolute Gasteiger partial charge is 0.339 e. The third-order valence-corrected chi connectivity index (χ3v) is 5.60. The second-order valence-electron chi connectivity index (χ2n) is 6.91. The molecule has 0 radical (unpaired) electrons. The van der Waals surface area contributed by atoms with Crippen LogP contribution in [-0.4, -0.2) is 29.4 Å². The zero-order valence-corrected chi connectivity index (χ0v) is 13.2. The van der Waals surface area contributed by atoms with Crippen LogP contribution in [0.2, 0.25) is 0 Å². The molecule has 1 amide bonds. The highest BCUT2D eigenvalue weighted by atomic mass is 35.5. The molecule has 0 aromatic heterocycles.